The minimum atomic E-state index is -2.96. The molecule has 4 nitrogen and oxygen atoms in total. The van der Waals surface area contributed by atoms with Crippen LogP contribution in [0.25, 0.3) is 0 Å². The average Bonchev–Trinajstić information content (AvgIpc) is 2.47. The number of benzene rings is 1. The Hall–Kier alpha value is -1.07. The van der Waals surface area contributed by atoms with Gasteiger partial charge in [-0.3, -0.25) is 0 Å². The van der Waals surface area contributed by atoms with Gasteiger partial charge in [0, 0.05) is 11.8 Å². The Kier molecular flexibility index (Phi) is 7.75. The first-order chi connectivity index (χ1) is 9.96. The quantitative estimate of drug-likeness (QED) is 0.721. The molecule has 0 fully saturated rings. The van der Waals surface area contributed by atoms with Crippen LogP contribution in [0.3, 0.4) is 0 Å². The van der Waals surface area contributed by atoms with Gasteiger partial charge in [-0.2, -0.15) is 0 Å². The molecule has 0 bridgehead atoms. The predicted molar refractivity (Wildman–Crippen MR) is 87.7 cm³/mol. The van der Waals surface area contributed by atoms with Crippen molar-refractivity contribution in [3.05, 3.63) is 29.8 Å². The third-order valence-corrected chi connectivity index (χ3v) is 4.98. The molecule has 0 aliphatic rings. The molecule has 0 amide bonds. The Morgan fingerprint density at radius 1 is 1.19 bits per heavy atom. The SMILES string of the molecule is CCCNC(C)Cc1ccc(OCCS(=O)(=O)CC)cc1. The lowest BCUT2D eigenvalue weighted by Gasteiger charge is -2.13. The highest BCUT2D eigenvalue weighted by atomic mass is 32.2. The molecule has 1 aromatic rings. The molecule has 0 aliphatic carbocycles. The van der Waals surface area contributed by atoms with Crippen LogP contribution < -0.4 is 10.1 Å². The molecular formula is C16H27NO3S. The van der Waals surface area contributed by atoms with Crippen molar-refractivity contribution in [3.8, 4) is 5.75 Å². The molecule has 5 heteroatoms. The van der Waals surface area contributed by atoms with Crippen LogP contribution in [0.15, 0.2) is 24.3 Å². The van der Waals surface area contributed by atoms with Gasteiger partial charge in [0.1, 0.15) is 12.4 Å². The zero-order chi connectivity index (χ0) is 15.7. The van der Waals surface area contributed by atoms with Crippen LogP contribution in [0, 0.1) is 0 Å². The van der Waals surface area contributed by atoms with E-state index in [1.165, 1.54) is 5.56 Å². The molecule has 21 heavy (non-hydrogen) atoms. The Bertz CT molecular complexity index is 497. The Morgan fingerprint density at radius 2 is 1.86 bits per heavy atom. The Balaban J connectivity index is 2.40. The average molecular weight is 313 g/mol. The minimum absolute atomic E-state index is 0.0726. The van der Waals surface area contributed by atoms with Gasteiger partial charge >= 0.3 is 0 Å². The summed E-state index contributed by atoms with van der Waals surface area (Å²) in [4.78, 5) is 0. The second-order valence-corrected chi connectivity index (χ2v) is 7.76. The zero-order valence-electron chi connectivity index (χ0n) is 13.3. The highest BCUT2D eigenvalue weighted by molar-refractivity contribution is 7.91. The van der Waals surface area contributed by atoms with E-state index < -0.39 is 9.84 Å². The summed E-state index contributed by atoms with van der Waals surface area (Å²) in [5.74, 6) is 0.959. The summed E-state index contributed by atoms with van der Waals surface area (Å²) in [6.07, 6.45) is 2.11. The maximum absolute atomic E-state index is 11.4. The van der Waals surface area contributed by atoms with E-state index in [-0.39, 0.29) is 18.1 Å². The van der Waals surface area contributed by atoms with E-state index >= 15 is 0 Å². The van der Waals surface area contributed by atoms with Gasteiger partial charge in [-0.1, -0.05) is 26.0 Å². The third kappa shape index (κ3) is 7.48. The fourth-order valence-electron chi connectivity index (χ4n) is 1.97. The van der Waals surface area contributed by atoms with Gasteiger partial charge in [-0.15, -0.1) is 0 Å². The molecule has 0 saturated heterocycles. The smallest absolute Gasteiger partial charge is 0.153 e. The number of ether oxygens (including phenoxy) is 1. The fourth-order valence-corrected chi connectivity index (χ4v) is 2.59. The second kappa shape index (κ2) is 9.05. The van der Waals surface area contributed by atoms with E-state index in [0.29, 0.717) is 6.04 Å². The standard InChI is InChI=1S/C16H27NO3S/c1-4-10-17-14(3)13-15-6-8-16(9-7-15)20-11-12-21(18,19)5-2/h6-9,14,17H,4-5,10-13H2,1-3H3. The number of hydrogen-bond acceptors (Lipinski definition) is 4. The van der Waals surface area contributed by atoms with Gasteiger partial charge in [0.05, 0.1) is 5.75 Å². The van der Waals surface area contributed by atoms with E-state index in [0.717, 1.165) is 25.1 Å². The van der Waals surface area contributed by atoms with Crippen molar-refractivity contribution >= 4 is 9.84 Å². The predicted octanol–water partition coefficient (Wildman–Crippen LogP) is 2.43. The molecule has 0 heterocycles. The van der Waals surface area contributed by atoms with Crippen LogP contribution in [0.5, 0.6) is 5.75 Å². The summed E-state index contributed by atoms with van der Waals surface area (Å²) in [5.41, 5.74) is 1.25. The molecule has 1 atom stereocenters. The van der Waals surface area contributed by atoms with Crippen molar-refractivity contribution in [2.24, 2.45) is 0 Å². The number of nitrogens with one attached hydrogen (secondary N) is 1. The second-order valence-electron chi connectivity index (χ2n) is 5.29. The molecule has 120 valence electrons. The first-order valence-corrected chi connectivity index (χ1v) is 9.44. The van der Waals surface area contributed by atoms with Crippen LogP contribution in [-0.2, 0) is 16.3 Å². The van der Waals surface area contributed by atoms with Crippen LogP contribution in [0.1, 0.15) is 32.8 Å². The highest BCUT2D eigenvalue weighted by Gasteiger charge is 2.07. The van der Waals surface area contributed by atoms with Gasteiger partial charge < -0.3 is 10.1 Å². The molecule has 0 saturated carbocycles. The van der Waals surface area contributed by atoms with E-state index in [1.54, 1.807) is 6.92 Å². The van der Waals surface area contributed by atoms with E-state index in [9.17, 15) is 8.42 Å². The summed E-state index contributed by atoms with van der Waals surface area (Å²) in [6, 6.07) is 8.33. The lowest BCUT2D eigenvalue weighted by atomic mass is 10.1. The van der Waals surface area contributed by atoms with Crippen LogP contribution in [-0.4, -0.2) is 39.1 Å². The van der Waals surface area contributed by atoms with Gasteiger partial charge in [-0.05, 0) is 44.0 Å². The summed E-state index contributed by atoms with van der Waals surface area (Å²) < 4.78 is 28.2. The van der Waals surface area contributed by atoms with E-state index in [2.05, 4.69) is 19.2 Å². The molecular weight excluding hydrogens is 286 g/mol. The molecule has 0 spiro atoms. The minimum Gasteiger partial charge on any atom is -0.493 e. The summed E-state index contributed by atoms with van der Waals surface area (Å²) in [5, 5.41) is 3.45. The number of rotatable bonds is 10. The van der Waals surface area contributed by atoms with Crippen LogP contribution in [0.2, 0.25) is 0 Å². The van der Waals surface area contributed by atoms with Gasteiger partial charge in [0.2, 0.25) is 0 Å². The normalized spacial score (nSPS) is 13.1. The molecule has 1 unspecified atom stereocenters. The molecule has 1 N–H and O–H groups in total. The van der Waals surface area contributed by atoms with Crippen molar-refractivity contribution in [2.45, 2.75) is 39.7 Å². The Morgan fingerprint density at radius 3 is 2.43 bits per heavy atom. The van der Waals surface area contributed by atoms with E-state index in [1.807, 2.05) is 24.3 Å². The molecule has 1 rings (SSSR count). The fraction of sp³-hybridized carbons (Fsp3) is 0.625. The van der Waals surface area contributed by atoms with Crippen LogP contribution >= 0.6 is 0 Å². The maximum atomic E-state index is 11.4. The number of hydrogen-bond donors (Lipinski definition) is 1. The summed E-state index contributed by atoms with van der Waals surface area (Å²) in [7, 11) is -2.96. The van der Waals surface area contributed by atoms with Crippen molar-refractivity contribution in [1.29, 1.82) is 0 Å². The first kappa shape index (κ1) is 18.0. The van der Waals surface area contributed by atoms with Crippen molar-refractivity contribution < 1.29 is 13.2 Å². The molecule has 1 aromatic carbocycles. The lowest BCUT2D eigenvalue weighted by Crippen LogP contribution is -2.28. The van der Waals surface area contributed by atoms with Gasteiger partial charge in [-0.25, -0.2) is 8.42 Å². The number of sulfone groups is 1. The topological polar surface area (TPSA) is 55.4 Å². The van der Waals surface area contributed by atoms with E-state index in [4.69, 9.17) is 4.74 Å². The van der Waals surface area contributed by atoms with Crippen LogP contribution in [0.4, 0.5) is 0 Å². The monoisotopic (exact) mass is 313 g/mol. The third-order valence-electron chi connectivity index (χ3n) is 3.31. The maximum Gasteiger partial charge on any atom is 0.153 e. The first-order valence-electron chi connectivity index (χ1n) is 7.62. The van der Waals surface area contributed by atoms with Crippen molar-refractivity contribution in [1.82, 2.24) is 5.32 Å². The molecule has 0 aromatic heterocycles. The van der Waals surface area contributed by atoms with Crippen molar-refractivity contribution in [3.63, 3.8) is 0 Å². The lowest BCUT2D eigenvalue weighted by molar-refractivity contribution is 0.341. The Labute approximate surface area is 128 Å². The summed E-state index contributed by atoms with van der Waals surface area (Å²) >= 11 is 0. The highest BCUT2D eigenvalue weighted by Crippen LogP contribution is 2.13. The van der Waals surface area contributed by atoms with Gasteiger partial charge in [0.25, 0.3) is 0 Å². The zero-order valence-corrected chi connectivity index (χ0v) is 14.1. The molecule has 0 radical (unpaired) electrons. The molecule has 0 aliphatic heterocycles. The van der Waals surface area contributed by atoms with Crippen molar-refractivity contribution in [2.75, 3.05) is 24.7 Å². The summed E-state index contributed by atoms with van der Waals surface area (Å²) in [6.45, 7) is 7.23. The van der Waals surface area contributed by atoms with Gasteiger partial charge in [0.15, 0.2) is 9.84 Å². The largest absolute Gasteiger partial charge is 0.493 e.